The van der Waals surface area contributed by atoms with Gasteiger partial charge < -0.3 is 4.90 Å². The molecule has 0 aliphatic carbocycles. The number of piperidine rings is 1. The predicted molar refractivity (Wildman–Crippen MR) is 94.4 cm³/mol. The van der Waals surface area contributed by atoms with Crippen molar-refractivity contribution < 1.29 is 18.0 Å². The van der Waals surface area contributed by atoms with E-state index in [2.05, 4.69) is 15.1 Å². The van der Waals surface area contributed by atoms with Gasteiger partial charge in [-0.15, -0.1) is 0 Å². The number of aromatic nitrogens is 4. The molecule has 2 aromatic heterocycles. The standard InChI is InChI=1S/C19H18F3N5O/c20-14-6-2-1-4-12(14)8-17(28)26-7-3-5-13(10-26)15-9-16(18(21)22)27-19(25-15)23-11-24-27/h1-2,4,6,9,11,13,18H,3,5,7-8,10H2/t13-/m0/s1. The molecular formula is C19H18F3N5O. The van der Waals surface area contributed by atoms with Crippen molar-refractivity contribution in [2.45, 2.75) is 31.6 Å². The van der Waals surface area contributed by atoms with Crippen molar-refractivity contribution in [3.05, 3.63) is 59.4 Å². The van der Waals surface area contributed by atoms with E-state index in [1.807, 2.05) is 0 Å². The maximum atomic E-state index is 13.8. The van der Waals surface area contributed by atoms with E-state index in [1.54, 1.807) is 23.1 Å². The maximum absolute atomic E-state index is 13.8. The molecule has 6 nitrogen and oxygen atoms in total. The van der Waals surface area contributed by atoms with Gasteiger partial charge >= 0.3 is 0 Å². The lowest BCUT2D eigenvalue weighted by Gasteiger charge is -2.32. The van der Waals surface area contributed by atoms with Gasteiger partial charge in [-0.2, -0.15) is 14.6 Å². The third kappa shape index (κ3) is 3.56. The van der Waals surface area contributed by atoms with Gasteiger partial charge in [0, 0.05) is 19.0 Å². The Morgan fingerprint density at radius 3 is 2.89 bits per heavy atom. The minimum atomic E-state index is -2.71. The van der Waals surface area contributed by atoms with Crippen molar-refractivity contribution in [2.24, 2.45) is 0 Å². The Kier molecular flexibility index (Phi) is 4.97. The van der Waals surface area contributed by atoms with E-state index >= 15 is 0 Å². The van der Waals surface area contributed by atoms with Gasteiger partial charge in [0.15, 0.2) is 0 Å². The summed E-state index contributed by atoms with van der Waals surface area (Å²) in [6, 6.07) is 7.51. The van der Waals surface area contributed by atoms with Gasteiger partial charge in [-0.05, 0) is 30.5 Å². The van der Waals surface area contributed by atoms with Crippen molar-refractivity contribution in [1.82, 2.24) is 24.5 Å². The number of carbonyl (C=O) groups excluding carboxylic acids is 1. The van der Waals surface area contributed by atoms with E-state index in [1.165, 1.54) is 18.5 Å². The maximum Gasteiger partial charge on any atom is 0.280 e. The lowest BCUT2D eigenvalue weighted by atomic mass is 9.93. The molecule has 1 fully saturated rings. The normalized spacial score (nSPS) is 17.4. The first-order valence-corrected chi connectivity index (χ1v) is 9.03. The molecule has 28 heavy (non-hydrogen) atoms. The van der Waals surface area contributed by atoms with Crippen LogP contribution in [0.25, 0.3) is 5.78 Å². The number of amides is 1. The smallest absolute Gasteiger partial charge is 0.280 e. The molecule has 4 rings (SSSR count). The van der Waals surface area contributed by atoms with Crippen LogP contribution in [0.1, 0.15) is 42.1 Å². The van der Waals surface area contributed by atoms with Gasteiger partial charge in [0.05, 0.1) is 12.1 Å². The molecule has 9 heteroatoms. The van der Waals surface area contributed by atoms with Crippen molar-refractivity contribution >= 4 is 11.7 Å². The third-order valence-electron chi connectivity index (χ3n) is 5.01. The molecule has 0 N–H and O–H groups in total. The SMILES string of the molecule is O=C(Cc1ccccc1F)N1CCC[C@H](c2cc(C(F)F)n3ncnc3n2)C1. The number of halogens is 3. The second-order valence-corrected chi connectivity index (χ2v) is 6.83. The quantitative estimate of drug-likeness (QED) is 0.688. The molecule has 1 aliphatic rings. The number of fused-ring (bicyclic) bond motifs is 1. The summed E-state index contributed by atoms with van der Waals surface area (Å²) in [7, 11) is 0. The number of alkyl halides is 2. The average Bonchev–Trinajstić information content (AvgIpc) is 3.17. The molecule has 1 aliphatic heterocycles. The van der Waals surface area contributed by atoms with E-state index in [9.17, 15) is 18.0 Å². The van der Waals surface area contributed by atoms with E-state index in [-0.39, 0.29) is 29.7 Å². The molecule has 0 spiro atoms. The average molecular weight is 389 g/mol. The number of likely N-dealkylation sites (tertiary alicyclic amines) is 1. The van der Waals surface area contributed by atoms with E-state index in [4.69, 9.17) is 0 Å². The molecule has 1 aromatic carbocycles. The lowest BCUT2D eigenvalue weighted by Crippen LogP contribution is -2.40. The Labute approximate surface area is 159 Å². The summed E-state index contributed by atoms with van der Waals surface area (Å²) >= 11 is 0. The van der Waals surface area contributed by atoms with Crippen LogP contribution < -0.4 is 0 Å². The fourth-order valence-electron chi connectivity index (χ4n) is 3.58. The van der Waals surface area contributed by atoms with Crippen LogP contribution in [0.15, 0.2) is 36.7 Å². The molecule has 1 atom stereocenters. The molecule has 3 heterocycles. The van der Waals surface area contributed by atoms with Crippen LogP contribution in [0.2, 0.25) is 0 Å². The van der Waals surface area contributed by atoms with Crippen LogP contribution in [-0.2, 0) is 11.2 Å². The zero-order valence-corrected chi connectivity index (χ0v) is 14.9. The fraction of sp³-hybridized carbons (Fsp3) is 0.368. The number of nitrogens with zero attached hydrogens (tertiary/aromatic N) is 5. The lowest BCUT2D eigenvalue weighted by molar-refractivity contribution is -0.131. The zero-order valence-electron chi connectivity index (χ0n) is 14.9. The monoisotopic (exact) mass is 389 g/mol. The van der Waals surface area contributed by atoms with Gasteiger partial charge in [-0.1, -0.05) is 18.2 Å². The molecular weight excluding hydrogens is 371 g/mol. The fourth-order valence-corrected chi connectivity index (χ4v) is 3.58. The minimum Gasteiger partial charge on any atom is -0.342 e. The summed E-state index contributed by atoms with van der Waals surface area (Å²) in [5.74, 6) is -0.669. The molecule has 3 aromatic rings. The highest BCUT2D eigenvalue weighted by molar-refractivity contribution is 5.79. The van der Waals surface area contributed by atoms with Crippen molar-refractivity contribution in [1.29, 1.82) is 0 Å². The van der Waals surface area contributed by atoms with Gasteiger partial charge in [0.1, 0.15) is 17.8 Å². The van der Waals surface area contributed by atoms with Crippen LogP contribution in [0.5, 0.6) is 0 Å². The summed E-state index contributed by atoms with van der Waals surface area (Å²) in [5.41, 5.74) is 0.545. The number of rotatable bonds is 4. The summed E-state index contributed by atoms with van der Waals surface area (Å²) in [5, 5.41) is 3.79. The Morgan fingerprint density at radius 1 is 1.29 bits per heavy atom. The number of benzene rings is 1. The van der Waals surface area contributed by atoms with Crippen LogP contribution in [-0.4, -0.2) is 43.5 Å². The Bertz CT molecular complexity index is 1010. The van der Waals surface area contributed by atoms with Gasteiger partial charge in [-0.25, -0.2) is 18.2 Å². The Hall–Kier alpha value is -2.97. The van der Waals surface area contributed by atoms with Crippen LogP contribution in [0, 0.1) is 5.82 Å². The minimum absolute atomic E-state index is 0.0294. The topological polar surface area (TPSA) is 63.4 Å². The van der Waals surface area contributed by atoms with Gasteiger partial charge in [0.25, 0.3) is 12.2 Å². The number of carbonyl (C=O) groups is 1. The van der Waals surface area contributed by atoms with Crippen LogP contribution in [0.3, 0.4) is 0 Å². The van der Waals surface area contributed by atoms with Crippen molar-refractivity contribution in [3.8, 4) is 0 Å². The summed E-state index contributed by atoms with van der Waals surface area (Å²) in [4.78, 5) is 22.6. The second kappa shape index (κ2) is 7.57. The highest BCUT2D eigenvalue weighted by atomic mass is 19.3. The third-order valence-corrected chi connectivity index (χ3v) is 5.01. The summed E-state index contributed by atoms with van der Waals surface area (Å²) in [6.07, 6.45) is -0.115. The molecule has 0 bridgehead atoms. The molecule has 0 saturated carbocycles. The molecule has 0 radical (unpaired) electrons. The summed E-state index contributed by atoms with van der Waals surface area (Å²) in [6.45, 7) is 0.909. The zero-order chi connectivity index (χ0) is 19.7. The summed E-state index contributed by atoms with van der Waals surface area (Å²) < 4.78 is 41.6. The first-order chi connectivity index (χ1) is 13.5. The number of hydrogen-bond acceptors (Lipinski definition) is 4. The first kappa shape index (κ1) is 18.4. The largest absolute Gasteiger partial charge is 0.342 e. The molecule has 0 unspecified atom stereocenters. The Balaban J connectivity index is 1.55. The highest BCUT2D eigenvalue weighted by Gasteiger charge is 2.28. The predicted octanol–water partition coefficient (Wildman–Crippen LogP) is 3.15. The van der Waals surface area contributed by atoms with Gasteiger partial charge in [0.2, 0.25) is 5.91 Å². The van der Waals surface area contributed by atoms with Crippen LogP contribution >= 0.6 is 0 Å². The molecule has 146 valence electrons. The second-order valence-electron chi connectivity index (χ2n) is 6.83. The Morgan fingerprint density at radius 2 is 2.11 bits per heavy atom. The van der Waals surface area contributed by atoms with Gasteiger partial charge in [-0.3, -0.25) is 4.79 Å². The van der Waals surface area contributed by atoms with E-state index < -0.39 is 12.2 Å². The highest BCUT2D eigenvalue weighted by Crippen LogP contribution is 2.29. The molecule has 1 amide bonds. The first-order valence-electron chi connectivity index (χ1n) is 9.03. The number of hydrogen-bond donors (Lipinski definition) is 0. The van der Waals surface area contributed by atoms with Crippen molar-refractivity contribution in [2.75, 3.05) is 13.1 Å². The van der Waals surface area contributed by atoms with Crippen molar-refractivity contribution in [3.63, 3.8) is 0 Å². The molecule has 1 saturated heterocycles. The van der Waals surface area contributed by atoms with E-state index in [0.29, 0.717) is 24.3 Å². The van der Waals surface area contributed by atoms with E-state index in [0.717, 1.165) is 17.4 Å². The van der Waals surface area contributed by atoms with Crippen LogP contribution in [0.4, 0.5) is 13.2 Å².